The highest BCUT2D eigenvalue weighted by atomic mass is 16.5. The number of nitrogens with zero attached hydrogens (tertiary/aromatic N) is 4. The molecule has 0 aliphatic carbocycles. The van der Waals surface area contributed by atoms with E-state index in [4.69, 9.17) is 20.6 Å². The standard InChI is InChI=1S/C26H28N6O2/c1-16-15-30-31-17(2)25(16)18(3)34-22-4-5-24(28)23(13-22)26(29)20-10-19(14-27)11-21(12-20)32-6-8-33-9-7-32/h4-5,10-13,15,18,29H,6-9,28H2,1-3H3/t18-/m0/s1. The molecule has 1 saturated heterocycles. The minimum absolute atomic E-state index is 0.236. The van der Waals surface area contributed by atoms with E-state index in [9.17, 15) is 5.26 Å². The number of aromatic nitrogens is 2. The van der Waals surface area contributed by atoms with Gasteiger partial charge in [-0.1, -0.05) is 0 Å². The first-order valence-corrected chi connectivity index (χ1v) is 11.2. The Labute approximate surface area is 199 Å². The zero-order valence-corrected chi connectivity index (χ0v) is 19.6. The van der Waals surface area contributed by atoms with Crippen LogP contribution in [0.25, 0.3) is 0 Å². The van der Waals surface area contributed by atoms with Crippen LogP contribution >= 0.6 is 0 Å². The second-order valence-corrected chi connectivity index (χ2v) is 8.39. The SMILES string of the molecule is Cc1cnnc(C)c1[C@H](C)Oc1ccc(N)c(C(=N)c2cc(C#N)cc(N3CCOCC3)c2)c1. The number of nitrogens with one attached hydrogen (secondary N) is 1. The molecule has 34 heavy (non-hydrogen) atoms. The van der Waals surface area contributed by atoms with Crippen LogP contribution in [-0.2, 0) is 4.74 Å². The van der Waals surface area contributed by atoms with Gasteiger partial charge in [-0.05, 0) is 62.7 Å². The fourth-order valence-corrected chi connectivity index (χ4v) is 4.29. The van der Waals surface area contributed by atoms with Gasteiger partial charge in [0.05, 0.1) is 42.4 Å². The molecule has 1 atom stereocenters. The first-order chi connectivity index (χ1) is 16.4. The molecule has 0 bridgehead atoms. The van der Waals surface area contributed by atoms with E-state index in [1.165, 1.54) is 0 Å². The molecule has 8 heteroatoms. The Bertz CT molecular complexity index is 1240. The molecule has 0 unspecified atom stereocenters. The van der Waals surface area contributed by atoms with Gasteiger partial charge in [0, 0.05) is 41.2 Å². The van der Waals surface area contributed by atoms with Crippen molar-refractivity contribution < 1.29 is 9.47 Å². The lowest BCUT2D eigenvalue weighted by Gasteiger charge is -2.29. The molecule has 174 valence electrons. The molecule has 1 aliphatic rings. The first kappa shape index (κ1) is 23.2. The summed E-state index contributed by atoms with van der Waals surface area (Å²) >= 11 is 0. The molecule has 0 radical (unpaired) electrons. The van der Waals surface area contributed by atoms with Gasteiger partial charge >= 0.3 is 0 Å². The Balaban J connectivity index is 1.64. The Kier molecular flexibility index (Phi) is 6.75. The molecular formula is C26H28N6O2. The Hall–Kier alpha value is -3.96. The zero-order chi connectivity index (χ0) is 24.2. The van der Waals surface area contributed by atoms with Crippen molar-refractivity contribution in [3.63, 3.8) is 0 Å². The fourth-order valence-electron chi connectivity index (χ4n) is 4.29. The highest BCUT2D eigenvalue weighted by Crippen LogP contribution is 2.30. The van der Waals surface area contributed by atoms with Crippen molar-refractivity contribution in [3.05, 3.63) is 76.1 Å². The van der Waals surface area contributed by atoms with Crippen LogP contribution in [0, 0.1) is 30.6 Å². The number of rotatable bonds is 6. The third-order valence-corrected chi connectivity index (χ3v) is 6.00. The lowest BCUT2D eigenvalue weighted by atomic mass is 9.98. The molecule has 1 fully saturated rings. The van der Waals surface area contributed by atoms with E-state index in [0.29, 0.717) is 41.3 Å². The van der Waals surface area contributed by atoms with Crippen LogP contribution < -0.4 is 15.4 Å². The summed E-state index contributed by atoms with van der Waals surface area (Å²) in [5.74, 6) is 0.599. The molecule has 1 aliphatic heterocycles. The molecule has 2 heterocycles. The van der Waals surface area contributed by atoms with Gasteiger partial charge in [0.25, 0.3) is 0 Å². The van der Waals surface area contributed by atoms with E-state index in [1.807, 2.05) is 32.9 Å². The molecule has 4 rings (SSSR count). The summed E-state index contributed by atoms with van der Waals surface area (Å²) in [6.07, 6.45) is 1.47. The largest absolute Gasteiger partial charge is 0.486 e. The minimum atomic E-state index is -0.254. The third kappa shape index (κ3) is 4.85. The Morgan fingerprint density at radius 2 is 1.97 bits per heavy atom. The molecule has 2 aromatic carbocycles. The first-order valence-electron chi connectivity index (χ1n) is 11.2. The van der Waals surface area contributed by atoms with Crippen LogP contribution in [0.1, 0.15) is 46.5 Å². The van der Waals surface area contributed by atoms with Crippen molar-refractivity contribution in [2.45, 2.75) is 26.9 Å². The summed E-state index contributed by atoms with van der Waals surface area (Å²) in [7, 11) is 0. The van der Waals surface area contributed by atoms with Gasteiger partial charge in [0.1, 0.15) is 11.9 Å². The van der Waals surface area contributed by atoms with E-state index in [1.54, 1.807) is 30.5 Å². The topological polar surface area (TPSA) is 121 Å². The quantitative estimate of drug-likeness (QED) is 0.426. The van der Waals surface area contributed by atoms with Gasteiger partial charge in [-0.15, -0.1) is 0 Å². The van der Waals surface area contributed by atoms with Crippen molar-refractivity contribution in [1.29, 1.82) is 10.7 Å². The molecule has 0 saturated carbocycles. The second-order valence-electron chi connectivity index (χ2n) is 8.39. The number of hydrogen-bond acceptors (Lipinski definition) is 8. The van der Waals surface area contributed by atoms with Crippen LogP contribution in [-0.4, -0.2) is 42.2 Å². The van der Waals surface area contributed by atoms with E-state index >= 15 is 0 Å². The van der Waals surface area contributed by atoms with Crippen LogP contribution in [0.15, 0.2) is 42.6 Å². The van der Waals surface area contributed by atoms with Crippen molar-refractivity contribution in [1.82, 2.24) is 10.2 Å². The maximum atomic E-state index is 9.57. The highest BCUT2D eigenvalue weighted by Gasteiger charge is 2.18. The summed E-state index contributed by atoms with van der Waals surface area (Å²) < 4.78 is 11.7. The average Bonchev–Trinajstić information content (AvgIpc) is 2.85. The Morgan fingerprint density at radius 1 is 1.21 bits per heavy atom. The van der Waals surface area contributed by atoms with E-state index in [-0.39, 0.29) is 11.8 Å². The molecule has 3 aromatic rings. The van der Waals surface area contributed by atoms with Gasteiger partial charge in [-0.3, -0.25) is 5.41 Å². The van der Waals surface area contributed by atoms with Crippen molar-refractivity contribution in [3.8, 4) is 11.8 Å². The minimum Gasteiger partial charge on any atom is -0.486 e. The summed E-state index contributed by atoms with van der Waals surface area (Å²) in [5.41, 5.74) is 12.4. The highest BCUT2D eigenvalue weighted by molar-refractivity contribution is 6.14. The van der Waals surface area contributed by atoms with Crippen LogP contribution in [0.5, 0.6) is 5.75 Å². The van der Waals surface area contributed by atoms with Crippen LogP contribution in [0.2, 0.25) is 0 Å². The number of nitriles is 1. The van der Waals surface area contributed by atoms with Crippen molar-refractivity contribution >= 4 is 17.1 Å². The summed E-state index contributed by atoms with van der Waals surface area (Å²) in [4.78, 5) is 2.17. The molecule has 8 nitrogen and oxygen atoms in total. The van der Waals surface area contributed by atoms with Crippen molar-refractivity contribution in [2.24, 2.45) is 0 Å². The van der Waals surface area contributed by atoms with E-state index < -0.39 is 0 Å². The zero-order valence-electron chi connectivity index (χ0n) is 19.6. The number of nitrogens with two attached hydrogens (primary N) is 1. The van der Waals surface area contributed by atoms with Crippen molar-refractivity contribution in [2.75, 3.05) is 36.9 Å². The molecular weight excluding hydrogens is 428 g/mol. The number of nitrogen functional groups attached to an aromatic ring is 1. The number of anilines is 2. The number of morpholine rings is 1. The maximum absolute atomic E-state index is 9.57. The van der Waals surface area contributed by atoms with Gasteiger partial charge in [-0.2, -0.15) is 15.5 Å². The van der Waals surface area contributed by atoms with Gasteiger partial charge in [-0.25, -0.2) is 0 Å². The summed E-state index contributed by atoms with van der Waals surface area (Å²) in [5, 5.41) is 26.6. The predicted octanol–water partition coefficient (Wildman–Crippen LogP) is 3.94. The number of benzene rings is 2. The predicted molar refractivity (Wildman–Crippen MR) is 132 cm³/mol. The molecule has 0 amide bonds. The molecule has 0 spiro atoms. The van der Waals surface area contributed by atoms with E-state index in [0.717, 1.165) is 35.6 Å². The van der Waals surface area contributed by atoms with Gasteiger partial charge < -0.3 is 20.1 Å². The van der Waals surface area contributed by atoms with Gasteiger partial charge in [0.15, 0.2) is 0 Å². The maximum Gasteiger partial charge on any atom is 0.123 e. The summed E-state index contributed by atoms with van der Waals surface area (Å²) in [6.45, 7) is 8.62. The average molecular weight is 457 g/mol. The number of ether oxygens (including phenoxy) is 2. The van der Waals surface area contributed by atoms with E-state index in [2.05, 4.69) is 21.2 Å². The second kappa shape index (κ2) is 9.89. The smallest absolute Gasteiger partial charge is 0.123 e. The summed E-state index contributed by atoms with van der Waals surface area (Å²) in [6, 6.07) is 13.0. The monoisotopic (exact) mass is 456 g/mol. The normalized spacial score (nSPS) is 14.4. The number of hydrogen-bond donors (Lipinski definition) is 2. The Morgan fingerprint density at radius 3 is 2.68 bits per heavy atom. The van der Waals surface area contributed by atoms with Gasteiger partial charge in [0.2, 0.25) is 0 Å². The number of aryl methyl sites for hydroxylation is 2. The lowest BCUT2D eigenvalue weighted by Crippen LogP contribution is -2.36. The lowest BCUT2D eigenvalue weighted by molar-refractivity contribution is 0.122. The third-order valence-electron chi connectivity index (χ3n) is 6.00. The molecule has 1 aromatic heterocycles. The van der Waals surface area contributed by atoms with Crippen LogP contribution in [0.3, 0.4) is 0 Å². The van der Waals surface area contributed by atoms with Crippen LogP contribution in [0.4, 0.5) is 11.4 Å². The molecule has 3 N–H and O–H groups in total. The fraction of sp³-hybridized carbons (Fsp3) is 0.308.